The third-order valence-electron chi connectivity index (χ3n) is 2.86. The third kappa shape index (κ3) is 2.71. The van der Waals surface area contributed by atoms with Gasteiger partial charge in [-0.25, -0.2) is 4.79 Å². The minimum absolute atomic E-state index is 0.185. The van der Waals surface area contributed by atoms with Gasteiger partial charge in [0.1, 0.15) is 6.54 Å². The summed E-state index contributed by atoms with van der Waals surface area (Å²) in [5, 5.41) is 2.46. The molecule has 0 bridgehead atoms. The number of nitrogens with zero attached hydrogens (tertiary/aromatic N) is 1. The Kier molecular flexibility index (Phi) is 3.88. The average molecular weight is 277 g/mol. The zero-order valence-electron chi connectivity index (χ0n) is 11.2. The van der Waals surface area contributed by atoms with Gasteiger partial charge in [-0.2, -0.15) is 0 Å². The van der Waals surface area contributed by atoms with Crippen LogP contribution in [0.1, 0.15) is 17.3 Å². The molecule has 1 heterocycles. The molecule has 20 heavy (non-hydrogen) atoms. The van der Waals surface area contributed by atoms with Crippen LogP contribution in [0.15, 0.2) is 23.0 Å². The van der Waals surface area contributed by atoms with Crippen LogP contribution in [0.5, 0.6) is 0 Å². The lowest BCUT2D eigenvalue weighted by Gasteiger charge is -2.05. The zero-order valence-corrected chi connectivity index (χ0v) is 11.2. The quantitative estimate of drug-likeness (QED) is 0.778. The van der Waals surface area contributed by atoms with Gasteiger partial charge in [0.05, 0.1) is 17.6 Å². The minimum Gasteiger partial charge on any atom is -0.465 e. The van der Waals surface area contributed by atoms with Crippen molar-refractivity contribution in [1.82, 2.24) is 14.9 Å². The number of fused-ring (bicyclic) bond motifs is 1. The summed E-state index contributed by atoms with van der Waals surface area (Å²) < 4.78 is 6.17. The first-order valence-electron chi connectivity index (χ1n) is 6.15. The molecule has 2 aromatic rings. The number of esters is 1. The number of rotatable bonds is 4. The van der Waals surface area contributed by atoms with E-state index in [1.807, 2.05) is 0 Å². The number of aromatic nitrogens is 2. The molecule has 0 fully saturated rings. The fourth-order valence-corrected chi connectivity index (χ4v) is 1.84. The van der Waals surface area contributed by atoms with E-state index in [1.54, 1.807) is 32.2 Å². The second kappa shape index (κ2) is 5.60. The number of carbonyl (C=O) groups is 2. The molecule has 0 aliphatic heterocycles. The second-order valence-electron chi connectivity index (χ2n) is 4.21. The SMILES string of the molecule is CCOC(=O)CNC(=O)c1ccc2c(c1)[nH]c(=O)n2C. The lowest BCUT2D eigenvalue weighted by molar-refractivity contribution is -0.141. The summed E-state index contributed by atoms with van der Waals surface area (Å²) in [6.45, 7) is 1.78. The maximum atomic E-state index is 11.9. The Morgan fingerprint density at radius 2 is 2.15 bits per heavy atom. The number of benzene rings is 1. The van der Waals surface area contributed by atoms with Crippen molar-refractivity contribution in [3.05, 3.63) is 34.2 Å². The van der Waals surface area contributed by atoms with Gasteiger partial charge in [-0.05, 0) is 25.1 Å². The molecule has 0 spiro atoms. The Bertz CT molecular complexity index is 714. The van der Waals surface area contributed by atoms with Crippen molar-refractivity contribution in [2.75, 3.05) is 13.2 Å². The summed E-state index contributed by atoms with van der Waals surface area (Å²) >= 11 is 0. The predicted octanol–water partition coefficient (Wildman–Crippen LogP) is 0.159. The van der Waals surface area contributed by atoms with E-state index < -0.39 is 11.9 Å². The molecular formula is C13H15N3O4. The Balaban J connectivity index is 2.14. The Morgan fingerprint density at radius 3 is 2.85 bits per heavy atom. The van der Waals surface area contributed by atoms with Crippen LogP contribution in [-0.4, -0.2) is 34.6 Å². The molecule has 2 rings (SSSR count). The minimum atomic E-state index is -0.491. The number of hydrogen-bond donors (Lipinski definition) is 2. The number of amides is 1. The van der Waals surface area contributed by atoms with Crippen molar-refractivity contribution in [2.45, 2.75) is 6.92 Å². The van der Waals surface area contributed by atoms with Crippen LogP contribution < -0.4 is 11.0 Å². The molecule has 1 aromatic carbocycles. The van der Waals surface area contributed by atoms with Crippen molar-refractivity contribution >= 4 is 22.9 Å². The topological polar surface area (TPSA) is 93.2 Å². The summed E-state index contributed by atoms with van der Waals surface area (Å²) in [5.41, 5.74) is 1.39. The molecule has 0 aliphatic carbocycles. The highest BCUT2D eigenvalue weighted by molar-refractivity contribution is 5.98. The summed E-state index contributed by atoms with van der Waals surface area (Å²) in [5.74, 6) is -0.889. The van der Waals surface area contributed by atoms with Gasteiger partial charge in [0.25, 0.3) is 5.91 Å². The number of H-pyrrole nitrogens is 1. The fourth-order valence-electron chi connectivity index (χ4n) is 1.84. The first-order valence-corrected chi connectivity index (χ1v) is 6.15. The molecule has 7 nitrogen and oxygen atoms in total. The van der Waals surface area contributed by atoms with E-state index >= 15 is 0 Å². The van der Waals surface area contributed by atoms with E-state index in [-0.39, 0.29) is 18.8 Å². The number of aromatic amines is 1. The summed E-state index contributed by atoms with van der Waals surface area (Å²) in [6.07, 6.45) is 0. The van der Waals surface area contributed by atoms with Crippen molar-refractivity contribution in [2.24, 2.45) is 7.05 Å². The van der Waals surface area contributed by atoms with Crippen LogP contribution in [0, 0.1) is 0 Å². The van der Waals surface area contributed by atoms with Crippen molar-refractivity contribution in [1.29, 1.82) is 0 Å². The molecule has 0 atom stereocenters. The van der Waals surface area contributed by atoms with Gasteiger partial charge in [-0.15, -0.1) is 0 Å². The van der Waals surface area contributed by atoms with Gasteiger partial charge >= 0.3 is 11.7 Å². The highest BCUT2D eigenvalue weighted by atomic mass is 16.5. The van der Waals surface area contributed by atoms with Gasteiger partial charge in [0.15, 0.2) is 0 Å². The van der Waals surface area contributed by atoms with E-state index in [0.29, 0.717) is 16.6 Å². The fraction of sp³-hybridized carbons (Fsp3) is 0.308. The molecule has 1 aromatic heterocycles. The van der Waals surface area contributed by atoms with Gasteiger partial charge in [-0.1, -0.05) is 0 Å². The average Bonchev–Trinajstić information content (AvgIpc) is 2.71. The van der Waals surface area contributed by atoms with E-state index in [2.05, 4.69) is 10.3 Å². The molecule has 2 N–H and O–H groups in total. The summed E-state index contributed by atoms with van der Waals surface area (Å²) in [7, 11) is 1.64. The molecular weight excluding hydrogens is 262 g/mol. The first kappa shape index (κ1) is 13.9. The van der Waals surface area contributed by atoms with Crippen molar-refractivity contribution in [3.8, 4) is 0 Å². The van der Waals surface area contributed by atoms with Crippen LogP contribution in [0.25, 0.3) is 11.0 Å². The lowest BCUT2D eigenvalue weighted by atomic mass is 10.2. The van der Waals surface area contributed by atoms with E-state index in [1.165, 1.54) is 4.57 Å². The smallest absolute Gasteiger partial charge is 0.326 e. The number of hydrogen-bond acceptors (Lipinski definition) is 4. The zero-order chi connectivity index (χ0) is 14.7. The Morgan fingerprint density at radius 1 is 1.40 bits per heavy atom. The molecule has 0 unspecified atom stereocenters. The molecule has 1 amide bonds. The van der Waals surface area contributed by atoms with E-state index in [9.17, 15) is 14.4 Å². The lowest BCUT2D eigenvalue weighted by Crippen LogP contribution is -2.30. The molecule has 7 heteroatoms. The van der Waals surface area contributed by atoms with Gasteiger partial charge in [0, 0.05) is 12.6 Å². The molecule has 106 valence electrons. The third-order valence-corrected chi connectivity index (χ3v) is 2.86. The molecule has 0 saturated heterocycles. The van der Waals surface area contributed by atoms with Crippen LogP contribution in [0.4, 0.5) is 0 Å². The number of imidazole rings is 1. The maximum Gasteiger partial charge on any atom is 0.326 e. The monoisotopic (exact) mass is 277 g/mol. The van der Waals surface area contributed by atoms with Crippen LogP contribution in [0.2, 0.25) is 0 Å². The Hall–Kier alpha value is -2.57. The van der Waals surface area contributed by atoms with Crippen LogP contribution in [0.3, 0.4) is 0 Å². The first-order chi connectivity index (χ1) is 9.52. The summed E-state index contributed by atoms with van der Waals surface area (Å²) in [6, 6.07) is 4.83. The van der Waals surface area contributed by atoms with Gasteiger partial charge in [0.2, 0.25) is 0 Å². The Labute approximate surface area is 114 Å². The van der Waals surface area contributed by atoms with E-state index in [0.717, 1.165) is 0 Å². The number of nitrogens with one attached hydrogen (secondary N) is 2. The maximum absolute atomic E-state index is 11.9. The predicted molar refractivity (Wildman–Crippen MR) is 72.5 cm³/mol. The highest BCUT2D eigenvalue weighted by Gasteiger charge is 2.11. The van der Waals surface area contributed by atoms with E-state index in [4.69, 9.17) is 4.74 Å². The normalized spacial score (nSPS) is 10.5. The molecule has 0 radical (unpaired) electrons. The number of aryl methyl sites for hydroxylation is 1. The highest BCUT2D eigenvalue weighted by Crippen LogP contribution is 2.11. The second-order valence-corrected chi connectivity index (χ2v) is 4.21. The summed E-state index contributed by atoms with van der Waals surface area (Å²) in [4.78, 5) is 37.1. The number of ether oxygens (including phenoxy) is 1. The van der Waals surface area contributed by atoms with Crippen LogP contribution in [-0.2, 0) is 16.6 Å². The molecule has 0 saturated carbocycles. The largest absolute Gasteiger partial charge is 0.465 e. The van der Waals surface area contributed by atoms with Crippen molar-refractivity contribution < 1.29 is 14.3 Å². The van der Waals surface area contributed by atoms with Gasteiger partial charge < -0.3 is 15.0 Å². The standard InChI is InChI=1S/C13H15N3O4/c1-3-20-11(17)7-14-12(18)8-4-5-10-9(6-8)15-13(19)16(10)2/h4-6H,3,7H2,1-2H3,(H,14,18)(H,15,19). The number of carbonyl (C=O) groups excluding carboxylic acids is 2. The van der Waals surface area contributed by atoms with Gasteiger partial charge in [-0.3, -0.25) is 14.2 Å². The van der Waals surface area contributed by atoms with Crippen molar-refractivity contribution in [3.63, 3.8) is 0 Å². The van der Waals surface area contributed by atoms with Crippen LogP contribution >= 0.6 is 0 Å². The molecule has 0 aliphatic rings.